The predicted octanol–water partition coefficient (Wildman–Crippen LogP) is 3.24. The number of ether oxygens (including phenoxy) is 1. The van der Waals surface area contributed by atoms with Crippen molar-refractivity contribution in [3.05, 3.63) is 64.7 Å². The third-order valence-electron chi connectivity index (χ3n) is 5.33. The fourth-order valence-corrected chi connectivity index (χ4v) is 5.20. The first kappa shape index (κ1) is 20.3. The molecule has 2 aromatic rings. The minimum Gasteiger partial charge on any atom is -0.379 e. The lowest BCUT2D eigenvalue weighted by molar-refractivity contribution is 0.0730. The van der Waals surface area contributed by atoms with E-state index in [-0.39, 0.29) is 27.4 Å². The molecule has 1 unspecified atom stereocenters. The third kappa shape index (κ3) is 4.48. The second-order valence-electron chi connectivity index (χ2n) is 7.36. The normalized spacial score (nSPS) is 18.9. The number of benzene rings is 2. The quantitative estimate of drug-likeness (QED) is 0.757. The van der Waals surface area contributed by atoms with Crippen LogP contribution in [0, 0.1) is 5.92 Å². The number of carbonyl (C=O) groups excluding carboxylic acids is 1. The van der Waals surface area contributed by atoms with Crippen molar-refractivity contribution in [1.29, 1.82) is 0 Å². The van der Waals surface area contributed by atoms with E-state index in [1.165, 1.54) is 22.5 Å². The molecule has 4 rings (SSSR count). The number of rotatable bonds is 6. The molecule has 2 aliphatic rings. The summed E-state index contributed by atoms with van der Waals surface area (Å²) < 4.78 is 32.5. The van der Waals surface area contributed by atoms with Crippen molar-refractivity contribution in [2.75, 3.05) is 26.3 Å². The van der Waals surface area contributed by atoms with E-state index in [0.717, 1.165) is 18.4 Å². The Kier molecular flexibility index (Phi) is 5.92. The van der Waals surface area contributed by atoms with Gasteiger partial charge >= 0.3 is 0 Å². The molecule has 8 heteroatoms. The lowest BCUT2D eigenvalue weighted by atomic mass is 10.0. The van der Waals surface area contributed by atoms with E-state index in [1.54, 1.807) is 0 Å². The van der Waals surface area contributed by atoms with Crippen LogP contribution in [-0.4, -0.2) is 44.9 Å². The largest absolute Gasteiger partial charge is 0.379 e. The fraction of sp³-hybridized carbons (Fsp3) is 0.381. The highest BCUT2D eigenvalue weighted by Crippen LogP contribution is 2.41. The van der Waals surface area contributed by atoms with E-state index in [2.05, 4.69) is 5.32 Å². The molecule has 1 saturated heterocycles. The number of carbonyl (C=O) groups is 1. The van der Waals surface area contributed by atoms with Crippen LogP contribution in [0.2, 0.25) is 5.02 Å². The van der Waals surface area contributed by atoms with E-state index in [9.17, 15) is 13.2 Å². The molecule has 1 amide bonds. The second kappa shape index (κ2) is 8.44. The highest BCUT2D eigenvalue weighted by molar-refractivity contribution is 7.89. The first-order valence-electron chi connectivity index (χ1n) is 9.70. The van der Waals surface area contributed by atoms with E-state index in [4.69, 9.17) is 16.3 Å². The molecule has 1 aliphatic heterocycles. The van der Waals surface area contributed by atoms with Gasteiger partial charge < -0.3 is 10.1 Å². The molecular formula is C21H23ClN2O4S. The van der Waals surface area contributed by atoms with Gasteiger partial charge in [0.25, 0.3) is 5.91 Å². The lowest BCUT2D eigenvalue weighted by Crippen LogP contribution is -2.40. The molecule has 1 aliphatic carbocycles. The van der Waals surface area contributed by atoms with Crippen molar-refractivity contribution < 1.29 is 17.9 Å². The lowest BCUT2D eigenvalue weighted by Gasteiger charge is -2.26. The van der Waals surface area contributed by atoms with Gasteiger partial charge in [-0.25, -0.2) is 8.42 Å². The maximum Gasteiger partial charge on any atom is 0.253 e. The zero-order valence-corrected chi connectivity index (χ0v) is 17.5. The predicted molar refractivity (Wildman–Crippen MR) is 110 cm³/mol. The number of halogens is 1. The Morgan fingerprint density at radius 3 is 2.45 bits per heavy atom. The molecule has 154 valence electrons. The molecule has 0 spiro atoms. The van der Waals surface area contributed by atoms with Crippen LogP contribution >= 0.6 is 11.6 Å². The number of nitrogens with one attached hydrogen (secondary N) is 1. The van der Waals surface area contributed by atoms with Gasteiger partial charge in [-0.15, -0.1) is 0 Å². The molecule has 1 saturated carbocycles. The monoisotopic (exact) mass is 434 g/mol. The Hall–Kier alpha value is -1.93. The molecule has 1 N–H and O–H groups in total. The number of sulfonamides is 1. The number of hydrogen-bond acceptors (Lipinski definition) is 4. The van der Waals surface area contributed by atoms with Crippen molar-refractivity contribution in [1.82, 2.24) is 9.62 Å². The average Bonchev–Trinajstić information content (AvgIpc) is 3.58. The number of hydrogen-bond donors (Lipinski definition) is 1. The molecule has 0 aromatic heterocycles. The SMILES string of the molecule is O=C(NC(c1ccccc1)C1CC1)c1cc(S(=O)(=O)N2CCOCC2)ccc1Cl. The summed E-state index contributed by atoms with van der Waals surface area (Å²) in [6, 6.07) is 14.0. The Morgan fingerprint density at radius 2 is 1.79 bits per heavy atom. The van der Waals surface area contributed by atoms with Crippen LogP contribution in [0.4, 0.5) is 0 Å². The zero-order valence-electron chi connectivity index (χ0n) is 15.9. The van der Waals surface area contributed by atoms with Gasteiger partial charge in [0, 0.05) is 13.1 Å². The summed E-state index contributed by atoms with van der Waals surface area (Å²) in [4.78, 5) is 13.1. The van der Waals surface area contributed by atoms with Crippen molar-refractivity contribution in [2.24, 2.45) is 5.92 Å². The summed E-state index contributed by atoms with van der Waals surface area (Å²) in [5.41, 5.74) is 1.21. The van der Waals surface area contributed by atoms with Crippen LogP contribution < -0.4 is 5.32 Å². The average molecular weight is 435 g/mol. The molecule has 0 bridgehead atoms. The van der Waals surface area contributed by atoms with Crippen LogP contribution in [0.25, 0.3) is 0 Å². The number of nitrogens with zero attached hydrogens (tertiary/aromatic N) is 1. The van der Waals surface area contributed by atoms with Gasteiger partial charge in [-0.1, -0.05) is 41.9 Å². The van der Waals surface area contributed by atoms with E-state index >= 15 is 0 Å². The second-order valence-corrected chi connectivity index (χ2v) is 9.70. The third-order valence-corrected chi connectivity index (χ3v) is 7.55. The molecule has 6 nitrogen and oxygen atoms in total. The summed E-state index contributed by atoms with van der Waals surface area (Å²) >= 11 is 6.26. The minimum atomic E-state index is -3.70. The smallest absolute Gasteiger partial charge is 0.253 e. The topological polar surface area (TPSA) is 75.7 Å². The maximum absolute atomic E-state index is 13.0. The standard InChI is InChI=1S/C21H23ClN2O4S/c22-19-9-8-17(29(26,27)24-10-12-28-13-11-24)14-18(19)21(25)23-20(16-6-7-16)15-4-2-1-3-5-15/h1-5,8-9,14,16,20H,6-7,10-13H2,(H,23,25). The van der Waals surface area contributed by atoms with Gasteiger partial charge in [-0.3, -0.25) is 4.79 Å². The van der Waals surface area contributed by atoms with Gasteiger partial charge in [0.2, 0.25) is 10.0 Å². The van der Waals surface area contributed by atoms with Gasteiger partial charge in [-0.05, 0) is 42.5 Å². The van der Waals surface area contributed by atoms with E-state index in [1.807, 2.05) is 30.3 Å². The summed E-state index contributed by atoms with van der Waals surface area (Å²) in [6.45, 7) is 1.31. The van der Waals surface area contributed by atoms with E-state index in [0.29, 0.717) is 32.2 Å². The van der Waals surface area contributed by atoms with Crippen LogP contribution in [0.3, 0.4) is 0 Å². The minimum absolute atomic E-state index is 0.0663. The molecule has 1 atom stereocenters. The molecule has 2 fully saturated rings. The summed E-state index contributed by atoms with van der Waals surface area (Å²) in [5.74, 6) is 0.0233. The highest BCUT2D eigenvalue weighted by atomic mass is 35.5. The zero-order chi connectivity index (χ0) is 20.4. The summed E-state index contributed by atoms with van der Waals surface area (Å²) in [7, 11) is -3.70. The Balaban J connectivity index is 1.59. The first-order valence-corrected chi connectivity index (χ1v) is 11.5. The van der Waals surface area contributed by atoms with Crippen molar-refractivity contribution in [3.63, 3.8) is 0 Å². The van der Waals surface area contributed by atoms with Crippen LogP contribution in [0.15, 0.2) is 53.4 Å². The summed E-state index contributed by atoms with van der Waals surface area (Å²) in [5, 5.41) is 3.29. The Morgan fingerprint density at radius 1 is 1.10 bits per heavy atom. The van der Waals surface area contributed by atoms with E-state index < -0.39 is 10.0 Å². The number of amides is 1. The highest BCUT2D eigenvalue weighted by Gasteiger charge is 2.34. The van der Waals surface area contributed by atoms with Crippen LogP contribution in [0.1, 0.15) is 34.8 Å². The van der Waals surface area contributed by atoms with Gasteiger partial charge in [0.15, 0.2) is 0 Å². The maximum atomic E-state index is 13.0. The fourth-order valence-electron chi connectivity index (χ4n) is 3.56. The number of morpholine rings is 1. The molecule has 29 heavy (non-hydrogen) atoms. The van der Waals surface area contributed by atoms with Crippen LogP contribution in [0.5, 0.6) is 0 Å². The molecule has 0 radical (unpaired) electrons. The molecule has 2 aromatic carbocycles. The van der Waals surface area contributed by atoms with Crippen molar-refractivity contribution >= 4 is 27.5 Å². The Bertz CT molecular complexity index is 987. The van der Waals surface area contributed by atoms with Crippen LogP contribution in [-0.2, 0) is 14.8 Å². The molecule has 1 heterocycles. The first-order chi connectivity index (χ1) is 14.0. The van der Waals surface area contributed by atoms with Crippen molar-refractivity contribution in [3.8, 4) is 0 Å². The van der Waals surface area contributed by atoms with Gasteiger partial charge in [0.1, 0.15) is 0 Å². The Labute approximate surface area is 175 Å². The van der Waals surface area contributed by atoms with Gasteiger partial charge in [0.05, 0.1) is 34.7 Å². The summed E-state index contributed by atoms with van der Waals surface area (Å²) in [6.07, 6.45) is 2.11. The molecular weight excluding hydrogens is 412 g/mol. The van der Waals surface area contributed by atoms with Crippen molar-refractivity contribution in [2.45, 2.75) is 23.8 Å². The van der Waals surface area contributed by atoms with Gasteiger partial charge in [-0.2, -0.15) is 4.31 Å².